The van der Waals surface area contributed by atoms with Crippen LogP contribution in [0.5, 0.6) is 0 Å². The van der Waals surface area contributed by atoms with Gasteiger partial charge in [-0.1, -0.05) is 0 Å². The number of amides is 1. The molecule has 92 valence electrons. The molecule has 0 saturated carbocycles. The minimum atomic E-state index is -0.989. The minimum Gasteiger partial charge on any atom is -0.395 e. The topological polar surface area (TPSA) is 40.5 Å². The molecule has 0 saturated heterocycles. The molecule has 1 aromatic carbocycles. The van der Waals surface area contributed by atoms with Gasteiger partial charge < -0.3 is 10.0 Å². The average molecular weight is 241 g/mol. The fraction of sp³-hybridized carbons (Fsp3) is 0.417. The lowest BCUT2D eigenvalue weighted by molar-refractivity contribution is -0.122. The van der Waals surface area contributed by atoms with Crippen molar-refractivity contribution in [3.05, 3.63) is 29.3 Å². The van der Waals surface area contributed by atoms with E-state index in [-0.39, 0.29) is 19.1 Å². The van der Waals surface area contributed by atoms with Gasteiger partial charge in [-0.2, -0.15) is 0 Å². The molecule has 2 rings (SSSR count). The van der Waals surface area contributed by atoms with E-state index in [1.54, 1.807) is 13.8 Å². The van der Waals surface area contributed by atoms with Crippen LogP contribution in [0, 0.1) is 11.6 Å². The molecule has 3 nitrogen and oxygen atoms in total. The van der Waals surface area contributed by atoms with Crippen LogP contribution in [0.4, 0.5) is 14.5 Å². The number of aliphatic hydroxyl groups excluding tert-OH is 1. The first kappa shape index (κ1) is 12.0. The zero-order chi connectivity index (χ0) is 12.8. The lowest BCUT2D eigenvalue weighted by Crippen LogP contribution is -2.37. The summed E-state index contributed by atoms with van der Waals surface area (Å²) in [7, 11) is 0. The van der Waals surface area contributed by atoms with Crippen LogP contribution in [0.3, 0.4) is 0 Å². The highest BCUT2D eigenvalue weighted by molar-refractivity contribution is 6.07. The molecule has 1 aromatic rings. The van der Waals surface area contributed by atoms with Crippen molar-refractivity contribution in [1.29, 1.82) is 0 Å². The van der Waals surface area contributed by atoms with Crippen molar-refractivity contribution in [1.82, 2.24) is 0 Å². The molecule has 1 aliphatic rings. The van der Waals surface area contributed by atoms with Crippen LogP contribution < -0.4 is 4.90 Å². The molecule has 0 bridgehead atoms. The zero-order valence-electron chi connectivity index (χ0n) is 9.63. The van der Waals surface area contributed by atoms with Gasteiger partial charge in [-0.05, 0) is 25.5 Å². The molecule has 0 unspecified atom stereocenters. The second kappa shape index (κ2) is 3.77. The van der Waals surface area contributed by atoms with Crippen molar-refractivity contribution in [3.8, 4) is 0 Å². The third-order valence-corrected chi connectivity index (χ3v) is 3.11. The first-order chi connectivity index (χ1) is 7.89. The second-order valence-electron chi connectivity index (χ2n) is 4.59. The van der Waals surface area contributed by atoms with Crippen LogP contribution in [0.25, 0.3) is 0 Å². The number of aliphatic hydroxyl groups is 1. The number of fused-ring (bicyclic) bond motifs is 1. The Kier molecular flexibility index (Phi) is 2.66. The van der Waals surface area contributed by atoms with E-state index in [1.807, 2.05) is 0 Å². The number of hydrogen-bond donors (Lipinski definition) is 1. The Morgan fingerprint density at radius 3 is 2.47 bits per heavy atom. The van der Waals surface area contributed by atoms with Gasteiger partial charge in [0.05, 0.1) is 17.7 Å². The fourth-order valence-corrected chi connectivity index (χ4v) is 2.14. The first-order valence-electron chi connectivity index (χ1n) is 5.32. The normalized spacial score (nSPS) is 17.5. The summed E-state index contributed by atoms with van der Waals surface area (Å²) in [6, 6.07) is 2.06. The monoisotopic (exact) mass is 241 g/mol. The van der Waals surface area contributed by atoms with Gasteiger partial charge >= 0.3 is 0 Å². The van der Waals surface area contributed by atoms with E-state index in [0.29, 0.717) is 11.3 Å². The average Bonchev–Trinajstić information content (AvgIpc) is 2.43. The summed E-state index contributed by atoms with van der Waals surface area (Å²) < 4.78 is 26.4. The van der Waals surface area contributed by atoms with E-state index in [1.165, 1.54) is 4.90 Å². The Hall–Kier alpha value is -1.49. The summed E-state index contributed by atoms with van der Waals surface area (Å²) in [5.74, 6) is -2.21. The third-order valence-electron chi connectivity index (χ3n) is 3.11. The predicted octanol–water partition coefficient (Wildman–Crippen LogP) is 1.58. The number of β-amino-alcohol motifs (C(OH)–C–C–N with tert-alkyl or cyclic N) is 1. The van der Waals surface area contributed by atoms with Gasteiger partial charge in [0.25, 0.3) is 0 Å². The van der Waals surface area contributed by atoms with Crippen LogP contribution in [-0.4, -0.2) is 24.2 Å². The largest absolute Gasteiger partial charge is 0.395 e. The Labute approximate surface area is 97.7 Å². The molecule has 1 amide bonds. The molecule has 1 aliphatic heterocycles. The third kappa shape index (κ3) is 1.61. The smallest absolute Gasteiger partial charge is 0.237 e. The molecule has 17 heavy (non-hydrogen) atoms. The predicted molar refractivity (Wildman–Crippen MR) is 58.8 cm³/mol. The molecule has 0 spiro atoms. The number of benzene rings is 1. The Morgan fingerprint density at radius 1 is 1.29 bits per heavy atom. The molecular formula is C12H13F2NO2. The van der Waals surface area contributed by atoms with Gasteiger partial charge in [-0.15, -0.1) is 0 Å². The Morgan fingerprint density at radius 2 is 1.88 bits per heavy atom. The highest BCUT2D eigenvalue weighted by Crippen LogP contribution is 2.42. The van der Waals surface area contributed by atoms with Gasteiger partial charge in [0.15, 0.2) is 11.6 Å². The summed E-state index contributed by atoms with van der Waals surface area (Å²) in [6.45, 7) is 3.17. The highest BCUT2D eigenvalue weighted by Gasteiger charge is 2.44. The van der Waals surface area contributed by atoms with Crippen molar-refractivity contribution in [3.63, 3.8) is 0 Å². The van der Waals surface area contributed by atoms with Gasteiger partial charge in [-0.25, -0.2) is 8.78 Å². The number of hydrogen-bond acceptors (Lipinski definition) is 2. The number of carbonyl (C=O) groups is 1. The summed E-state index contributed by atoms with van der Waals surface area (Å²) in [5.41, 5.74) is -0.0956. The summed E-state index contributed by atoms with van der Waals surface area (Å²) in [6.07, 6.45) is 0. The van der Waals surface area contributed by atoms with Crippen LogP contribution in [0.2, 0.25) is 0 Å². The Bertz CT molecular complexity index is 486. The molecule has 0 aromatic heterocycles. The van der Waals surface area contributed by atoms with Gasteiger partial charge in [0, 0.05) is 12.6 Å². The quantitative estimate of drug-likeness (QED) is 0.854. The molecule has 0 fully saturated rings. The summed E-state index contributed by atoms with van der Waals surface area (Å²) in [4.78, 5) is 13.4. The van der Waals surface area contributed by atoms with E-state index in [0.717, 1.165) is 12.1 Å². The van der Waals surface area contributed by atoms with Crippen LogP contribution in [-0.2, 0) is 10.2 Å². The van der Waals surface area contributed by atoms with E-state index in [9.17, 15) is 13.6 Å². The number of anilines is 1. The van der Waals surface area contributed by atoms with E-state index in [2.05, 4.69) is 0 Å². The molecule has 0 aliphatic carbocycles. The lowest BCUT2D eigenvalue weighted by Gasteiger charge is -2.19. The molecule has 0 radical (unpaired) electrons. The number of carbonyl (C=O) groups excluding carboxylic acids is 1. The zero-order valence-corrected chi connectivity index (χ0v) is 9.63. The van der Waals surface area contributed by atoms with Crippen molar-refractivity contribution in [2.45, 2.75) is 19.3 Å². The number of nitrogens with zero attached hydrogens (tertiary/aromatic N) is 1. The maximum absolute atomic E-state index is 13.2. The van der Waals surface area contributed by atoms with Gasteiger partial charge in [-0.3, -0.25) is 4.79 Å². The van der Waals surface area contributed by atoms with Crippen molar-refractivity contribution >= 4 is 11.6 Å². The standard InChI is InChI=1S/C12H13F2NO2/c1-12(2)7-5-8(13)9(14)6-10(7)15(3-4-16)11(12)17/h5-6,16H,3-4H2,1-2H3. The molecule has 1 heterocycles. The highest BCUT2D eigenvalue weighted by atomic mass is 19.2. The van der Waals surface area contributed by atoms with E-state index < -0.39 is 17.0 Å². The van der Waals surface area contributed by atoms with E-state index in [4.69, 9.17) is 5.11 Å². The van der Waals surface area contributed by atoms with Crippen LogP contribution in [0.15, 0.2) is 12.1 Å². The van der Waals surface area contributed by atoms with Gasteiger partial charge in [0.2, 0.25) is 5.91 Å². The van der Waals surface area contributed by atoms with Crippen molar-refractivity contribution in [2.75, 3.05) is 18.1 Å². The fourth-order valence-electron chi connectivity index (χ4n) is 2.14. The summed E-state index contributed by atoms with van der Waals surface area (Å²) in [5, 5.41) is 8.90. The molecule has 0 atom stereocenters. The second-order valence-corrected chi connectivity index (χ2v) is 4.59. The SMILES string of the molecule is CC1(C)C(=O)N(CCO)c2cc(F)c(F)cc21. The molecule has 5 heteroatoms. The lowest BCUT2D eigenvalue weighted by atomic mass is 9.86. The molecule has 1 N–H and O–H groups in total. The van der Waals surface area contributed by atoms with Crippen LogP contribution >= 0.6 is 0 Å². The maximum atomic E-state index is 13.2. The summed E-state index contributed by atoms with van der Waals surface area (Å²) >= 11 is 0. The maximum Gasteiger partial charge on any atom is 0.237 e. The molecular weight excluding hydrogens is 228 g/mol. The minimum absolute atomic E-state index is 0.0837. The Balaban J connectivity index is 2.61. The number of rotatable bonds is 2. The van der Waals surface area contributed by atoms with Crippen molar-refractivity contribution < 1.29 is 18.7 Å². The number of halogens is 2. The van der Waals surface area contributed by atoms with Crippen molar-refractivity contribution in [2.24, 2.45) is 0 Å². The van der Waals surface area contributed by atoms with Gasteiger partial charge in [0.1, 0.15) is 0 Å². The van der Waals surface area contributed by atoms with E-state index >= 15 is 0 Å². The van der Waals surface area contributed by atoms with Crippen LogP contribution in [0.1, 0.15) is 19.4 Å². The first-order valence-corrected chi connectivity index (χ1v) is 5.32.